The van der Waals surface area contributed by atoms with E-state index in [2.05, 4.69) is 5.32 Å². The van der Waals surface area contributed by atoms with Crippen molar-refractivity contribution < 1.29 is 19.0 Å². The van der Waals surface area contributed by atoms with E-state index in [1.165, 1.54) is 0 Å². The highest BCUT2D eigenvalue weighted by molar-refractivity contribution is 5.81. The van der Waals surface area contributed by atoms with Gasteiger partial charge in [-0.1, -0.05) is 24.3 Å². The highest BCUT2D eigenvalue weighted by Gasteiger charge is 2.35. The van der Waals surface area contributed by atoms with E-state index in [9.17, 15) is 4.79 Å². The Hall–Kier alpha value is -2.69. The monoisotopic (exact) mass is 355 g/mol. The molecule has 5 heteroatoms. The molecule has 2 aromatic carbocycles. The zero-order chi connectivity index (χ0) is 18.7. The summed E-state index contributed by atoms with van der Waals surface area (Å²) in [5.41, 5.74) is 0.650. The molecule has 0 bridgehead atoms. The molecule has 1 N–H and O–H groups in total. The Morgan fingerprint density at radius 3 is 2.69 bits per heavy atom. The van der Waals surface area contributed by atoms with Gasteiger partial charge in [0.15, 0.2) is 6.10 Å². The highest BCUT2D eigenvalue weighted by atomic mass is 16.5. The Morgan fingerprint density at radius 2 is 1.92 bits per heavy atom. The second kappa shape index (κ2) is 7.28. The average Bonchev–Trinajstić information content (AvgIpc) is 2.60. The van der Waals surface area contributed by atoms with Gasteiger partial charge >= 0.3 is 0 Å². The smallest absolute Gasteiger partial charge is 0.261 e. The van der Waals surface area contributed by atoms with Crippen molar-refractivity contribution in [2.45, 2.75) is 44.9 Å². The Balaban J connectivity index is 1.70. The lowest BCUT2D eigenvalue weighted by Gasteiger charge is -2.38. The molecule has 1 aliphatic heterocycles. The number of hydrogen-bond donors (Lipinski definition) is 1. The lowest BCUT2D eigenvalue weighted by molar-refractivity contribution is -0.128. The Kier molecular flexibility index (Phi) is 5.07. The van der Waals surface area contributed by atoms with E-state index in [0.29, 0.717) is 17.9 Å². The first kappa shape index (κ1) is 18.1. The van der Waals surface area contributed by atoms with Gasteiger partial charge in [0.1, 0.15) is 22.8 Å². The third kappa shape index (κ3) is 4.10. The number of carbonyl (C=O) groups excluding carboxylic acids is 1. The van der Waals surface area contributed by atoms with Gasteiger partial charge in [-0.05, 0) is 39.0 Å². The summed E-state index contributed by atoms with van der Waals surface area (Å²) in [7, 11) is 1.60. The molecule has 0 spiro atoms. The molecule has 3 rings (SSSR count). The van der Waals surface area contributed by atoms with Crippen LogP contribution in [0.2, 0.25) is 0 Å². The van der Waals surface area contributed by atoms with Crippen LogP contribution in [-0.4, -0.2) is 24.7 Å². The summed E-state index contributed by atoms with van der Waals surface area (Å²) in [6, 6.07) is 14.9. The van der Waals surface area contributed by atoms with Gasteiger partial charge in [-0.2, -0.15) is 0 Å². The van der Waals surface area contributed by atoms with E-state index in [1.807, 2.05) is 50.2 Å². The number of para-hydroxylation sites is 1. The van der Waals surface area contributed by atoms with Gasteiger partial charge < -0.3 is 19.5 Å². The standard InChI is InChI=1S/C21H25NO4/c1-14(25-16-9-7-8-15(12-16)24-4)20(23)22-18-13-21(2,3)26-19-11-6-5-10-17(18)19/h5-12,14,18H,13H2,1-4H3,(H,22,23). The molecule has 5 nitrogen and oxygen atoms in total. The maximum absolute atomic E-state index is 12.7. The minimum absolute atomic E-state index is 0.112. The summed E-state index contributed by atoms with van der Waals surface area (Å²) in [6.07, 6.45) is 0.0713. The summed E-state index contributed by atoms with van der Waals surface area (Å²) in [4.78, 5) is 12.7. The summed E-state index contributed by atoms with van der Waals surface area (Å²) in [5, 5.41) is 3.10. The van der Waals surface area contributed by atoms with E-state index in [0.717, 1.165) is 11.3 Å². The van der Waals surface area contributed by atoms with Crippen molar-refractivity contribution in [1.29, 1.82) is 0 Å². The minimum atomic E-state index is -0.625. The number of hydrogen-bond acceptors (Lipinski definition) is 4. The second-order valence-electron chi connectivity index (χ2n) is 7.10. The van der Waals surface area contributed by atoms with Crippen LogP contribution in [0, 0.1) is 0 Å². The predicted octanol–water partition coefficient (Wildman–Crippen LogP) is 3.88. The van der Waals surface area contributed by atoms with Crippen LogP contribution in [0.15, 0.2) is 48.5 Å². The largest absolute Gasteiger partial charge is 0.497 e. The maximum Gasteiger partial charge on any atom is 0.261 e. The van der Waals surface area contributed by atoms with Crippen LogP contribution in [0.3, 0.4) is 0 Å². The van der Waals surface area contributed by atoms with Crippen molar-refractivity contribution in [3.8, 4) is 17.2 Å². The number of ether oxygens (including phenoxy) is 3. The van der Waals surface area contributed by atoms with Gasteiger partial charge in [-0.15, -0.1) is 0 Å². The molecular formula is C21H25NO4. The van der Waals surface area contributed by atoms with Crippen molar-refractivity contribution in [1.82, 2.24) is 5.32 Å². The minimum Gasteiger partial charge on any atom is -0.497 e. The summed E-state index contributed by atoms with van der Waals surface area (Å²) in [5.74, 6) is 1.94. The van der Waals surface area contributed by atoms with E-state index in [1.54, 1.807) is 26.2 Å². The Morgan fingerprint density at radius 1 is 1.19 bits per heavy atom. The third-order valence-corrected chi connectivity index (χ3v) is 4.42. The number of fused-ring (bicyclic) bond motifs is 1. The highest BCUT2D eigenvalue weighted by Crippen LogP contribution is 2.39. The number of benzene rings is 2. The lowest BCUT2D eigenvalue weighted by Crippen LogP contribution is -2.44. The van der Waals surface area contributed by atoms with Crippen molar-refractivity contribution in [3.05, 3.63) is 54.1 Å². The van der Waals surface area contributed by atoms with Crippen LogP contribution in [-0.2, 0) is 4.79 Å². The van der Waals surface area contributed by atoms with Gasteiger partial charge in [-0.3, -0.25) is 4.79 Å². The van der Waals surface area contributed by atoms with Crippen molar-refractivity contribution in [3.63, 3.8) is 0 Å². The van der Waals surface area contributed by atoms with Gasteiger partial charge in [0.2, 0.25) is 0 Å². The van der Waals surface area contributed by atoms with E-state index >= 15 is 0 Å². The van der Waals surface area contributed by atoms with Crippen molar-refractivity contribution >= 4 is 5.91 Å². The molecule has 1 amide bonds. The fourth-order valence-corrected chi connectivity index (χ4v) is 3.15. The third-order valence-electron chi connectivity index (χ3n) is 4.42. The first-order valence-electron chi connectivity index (χ1n) is 8.77. The van der Waals surface area contributed by atoms with Gasteiger partial charge in [-0.25, -0.2) is 0 Å². The average molecular weight is 355 g/mol. The summed E-state index contributed by atoms with van der Waals surface area (Å²) < 4.78 is 17.0. The quantitative estimate of drug-likeness (QED) is 0.884. The van der Waals surface area contributed by atoms with Crippen LogP contribution in [0.5, 0.6) is 17.2 Å². The molecule has 26 heavy (non-hydrogen) atoms. The van der Waals surface area contributed by atoms with Crippen LogP contribution in [0.1, 0.15) is 38.8 Å². The fraction of sp³-hybridized carbons (Fsp3) is 0.381. The number of amides is 1. The second-order valence-corrected chi connectivity index (χ2v) is 7.10. The van der Waals surface area contributed by atoms with Crippen molar-refractivity contribution in [2.75, 3.05) is 7.11 Å². The molecule has 0 radical (unpaired) electrons. The van der Waals surface area contributed by atoms with Crippen LogP contribution < -0.4 is 19.5 Å². The fourth-order valence-electron chi connectivity index (χ4n) is 3.15. The first-order valence-corrected chi connectivity index (χ1v) is 8.77. The van der Waals surface area contributed by atoms with Gasteiger partial charge in [0.25, 0.3) is 5.91 Å². The van der Waals surface area contributed by atoms with Crippen molar-refractivity contribution in [2.24, 2.45) is 0 Å². The lowest BCUT2D eigenvalue weighted by atomic mass is 9.89. The summed E-state index contributed by atoms with van der Waals surface area (Å²) >= 11 is 0. The predicted molar refractivity (Wildman–Crippen MR) is 99.7 cm³/mol. The topological polar surface area (TPSA) is 56.8 Å². The molecule has 1 heterocycles. The first-order chi connectivity index (χ1) is 12.4. The SMILES string of the molecule is COc1cccc(OC(C)C(=O)NC2CC(C)(C)Oc3ccccc32)c1. The van der Waals surface area contributed by atoms with Crippen LogP contribution in [0.25, 0.3) is 0 Å². The molecule has 2 atom stereocenters. The molecule has 2 aromatic rings. The van der Waals surface area contributed by atoms with Crippen LogP contribution in [0.4, 0.5) is 0 Å². The summed E-state index contributed by atoms with van der Waals surface area (Å²) in [6.45, 7) is 5.79. The zero-order valence-electron chi connectivity index (χ0n) is 15.6. The normalized spacial score (nSPS) is 18.8. The molecule has 0 aromatic heterocycles. The molecular weight excluding hydrogens is 330 g/mol. The molecule has 0 saturated carbocycles. The Labute approximate surface area is 154 Å². The maximum atomic E-state index is 12.7. The molecule has 2 unspecified atom stereocenters. The number of nitrogens with one attached hydrogen (secondary N) is 1. The van der Waals surface area contributed by atoms with Gasteiger partial charge in [0.05, 0.1) is 13.2 Å². The van der Waals surface area contributed by atoms with E-state index in [-0.39, 0.29) is 17.6 Å². The molecule has 1 aliphatic rings. The number of rotatable bonds is 5. The van der Waals surface area contributed by atoms with Gasteiger partial charge in [0, 0.05) is 18.1 Å². The van der Waals surface area contributed by atoms with Crippen LogP contribution >= 0.6 is 0 Å². The molecule has 0 fully saturated rings. The molecule has 0 saturated heterocycles. The molecule has 0 aliphatic carbocycles. The number of carbonyl (C=O) groups is 1. The van der Waals surface area contributed by atoms with E-state index < -0.39 is 6.10 Å². The van der Waals surface area contributed by atoms with E-state index in [4.69, 9.17) is 14.2 Å². The molecule has 138 valence electrons. The number of methoxy groups -OCH3 is 1. The Bertz CT molecular complexity index is 787. The zero-order valence-corrected chi connectivity index (χ0v) is 15.6.